The first-order chi connectivity index (χ1) is 6.24. The number of carbonyl (C=O) groups is 1. The predicted octanol–water partition coefficient (Wildman–Crippen LogP) is 1.32. The van der Waals surface area contributed by atoms with Gasteiger partial charge in [0.25, 0.3) is 0 Å². The van der Waals surface area contributed by atoms with E-state index in [2.05, 4.69) is 0 Å². The van der Waals surface area contributed by atoms with Crippen molar-refractivity contribution in [3.63, 3.8) is 0 Å². The molecule has 0 unspecified atom stereocenters. The van der Waals surface area contributed by atoms with Gasteiger partial charge < -0.3 is 5.73 Å². The molecular formula is C10H8N2O. The first-order valence-electron chi connectivity index (χ1n) is 3.70. The summed E-state index contributed by atoms with van der Waals surface area (Å²) in [6.45, 7) is 0. The third kappa shape index (κ3) is 2.46. The molecule has 0 radical (unpaired) electrons. The van der Waals surface area contributed by atoms with Crippen molar-refractivity contribution in [1.82, 2.24) is 0 Å². The van der Waals surface area contributed by atoms with Gasteiger partial charge in [0.05, 0.1) is 6.07 Å². The molecule has 0 aromatic heterocycles. The van der Waals surface area contributed by atoms with Crippen LogP contribution in [0.2, 0.25) is 0 Å². The van der Waals surface area contributed by atoms with Crippen LogP contribution in [0.5, 0.6) is 0 Å². The number of hydrogen-bond acceptors (Lipinski definition) is 2. The van der Waals surface area contributed by atoms with Crippen molar-refractivity contribution in [3.8, 4) is 6.07 Å². The van der Waals surface area contributed by atoms with E-state index < -0.39 is 5.91 Å². The number of allylic oxidation sites excluding steroid dienone is 1. The van der Waals surface area contributed by atoms with Crippen LogP contribution < -0.4 is 5.73 Å². The van der Waals surface area contributed by atoms with Gasteiger partial charge in [0.2, 0.25) is 5.91 Å². The Labute approximate surface area is 76.1 Å². The first kappa shape index (κ1) is 9.01. The van der Waals surface area contributed by atoms with Gasteiger partial charge in [-0.3, -0.25) is 4.79 Å². The highest BCUT2D eigenvalue weighted by Crippen LogP contribution is 2.06. The van der Waals surface area contributed by atoms with Crippen molar-refractivity contribution in [1.29, 1.82) is 5.26 Å². The molecule has 1 aromatic carbocycles. The minimum absolute atomic E-state index is 0.445. The van der Waals surface area contributed by atoms with Crippen molar-refractivity contribution >= 4 is 12.0 Å². The predicted molar refractivity (Wildman–Crippen MR) is 49.6 cm³/mol. The Kier molecular flexibility index (Phi) is 2.82. The molecular weight excluding hydrogens is 164 g/mol. The van der Waals surface area contributed by atoms with Gasteiger partial charge in [-0.15, -0.1) is 0 Å². The van der Waals surface area contributed by atoms with Gasteiger partial charge in [0.1, 0.15) is 0 Å². The zero-order chi connectivity index (χ0) is 9.68. The third-order valence-corrected chi connectivity index (χ3v) is 1.52. The standard InChI is InChI=1S/C10H8N2O/c11-6-2-4-8-3-1-5-9(7-8)10(12)13/h1-5,7H,(H2,12,13). The van der Waals surface area contributed by atoms with Gasteiger partial charge in [-0.25, -0.2) is 0 Å². The van der Waals surface area contributed by atoms with Crippen molar-refractivity contribution in [2.45, 2.75) is 0 Å². The second-order valence-electron chi connectivity index (χ2n) is 2.45. The fourth-order valence-corrected chi connectivity index (χ4v) is 0.929. The highest BCUT2D eigenvalue weighted by molar-refractivity contribution is 5.93. The summed E-state index contributed by atoms with van der Waals surface area (Å²) in [6.07, 6.45) is 2.96. The number of carbonyl (C=O) groups excluding carboxylic acids is 1. The van der Waals surface area contributed by atoms with E-state index in [1.165, 1.54) is 6.08 Å². The number of nitriles is 1. The summed E-state index contributed by atoms with van der Waals surface area (Å²) in [5, 5.41) is 8.28. The smallest absolute Gasteiger partial charge is 0.248 e. The molecule has 0 spiro atoms. The highest BCUT2D eigenvalue weighted by atomic mass is 16.1. The molecule has 3 heteroatoms. The third-order valence-electron chi connectivity index (χ3n) is 1.52. The number of primary amides is 1. The number of rotatable bonds is 2. The Hall–Kier alpha value is -2.08. The second-order valence-corrected chi connectivity index (χ2v) is 2.45. The number of nitrogens with zero attached hydrogens (tertiary/aromatic N) is 1. The van der Waals surface area contributed by atoms with Crippen LogP contribution in [0.15, 0.2) is 30.3 Å². The minimum Gasteiger partial charge on any atom is -0.366 e. The molecule has 1 aromatic rings. The second kappa shape index (κ2) is 4.07. The number of hydrogen-bond donors (Lipinski definition) is 1. The maximum atomic E-state index is 10.8. The minimum atomic E-state index is -0.466. The zero-order valence-electron chi connectivity index (χ0n) is 6.90. The normalized spacial score (nSPS) is 9.77. The molecule has 13 heavy (non-hydrogen) atoms. The average Bonchev–Trinajstić information content (AvgIpc) is 2.15. The SMILES string of the molecule is N#CC=Cc1cccc(C(N)=O)c1. The van der Waals surface area contributed by atoms with E-state index in [9.17, 15) is 4.79 Å². The van der Waals surface area contributed by atoms with Crippen LogP contribution in [-0.2, 0) is 0 Å². The lowest BCUT2D eigenvalue weighted by molar-refractivity contribution is 0.100. The summed E-state index contributed by atoms with van der Waals surface area (Å²) in [4.78, 5) is 10.8. The fraction of sp³-hybridized carbons (Fsp3) is 0. The maximum absolute atomic E-state index is 10.8. The molecule has 0 bridgehead atoms. The van der Waals surface area contributed by atoms with Gasteiger partial charge in [0, 0.05) is 11.6 Å². The van der Waals surface area contributed by atoms with Crippen molar-refractivity contribution < 1.29 is 4.79 Å². The van der Waals surface area contributed by atoms with Crippen molar-refractivity contribution in [2.75, 3.05) is 0 Å². The van der Waals surface area contributed by atoms with Crippen molar-refractivity contribution in [3.05, 3.63) is 41.5 Å². The lowest BCUT2D eigenvalue weighted by Crippen LogP contribution is -2.10. The fourth-order valence-electron chi connectivity index (χ4n) is 0.929. The van der Waals surface area contributed by atoms with Crippen LogP contribution in [0.1, 0.15) is 15.9 Å². The molecule has 1 rings (SSSR count). The average molecular weight is 172 g/mol. The summed E-state index contributed by atoms with van der Waals surface area (Å²) < 4.78 is 0. The van der Waals surface area contributed by atoms with Gasteiger partial charge in [-0.2, -0.15) is 5.26 Å². The van der Waals surface area contributed by atoms with Crippen LogP contribution in [-0.4, -0.2) is 5.91 Å². The largest absolute Gasteiger partial charge is 0.366 e. The molecule has 0 fully saturated rings. The van der Waals surface area contributed by atoms with Gasteiger partial charge in [-0.1, -0.05) is 12.1 Å². The van der Waals surface area contributed by atoms with E-state index >= 15 is 0 Å². The molecule has 2 N–H and O–H groups in total. The number of amides is 1. The number of benzene rings is 1. The molecule has 0 saturated carbocycles. The summed E-state index contributed by atoms with van der Waals surface area (Å²) in [5.41, 5.74) is 6.32. The zero-order valence-corrected chi connectivity index (χ0v) is 6.90. The Bertz CT molecular complexity index is 388. The van der Waals surface area contributed by atoms with E-state index in [0.29, 0.717) is 5.56 Å². The van der Waals surface area contributed by atoms with E-state index in [1.807, 2.05) is 6.07 Å². The summed E-state index contributed by atoms with van der Waals surface area (Å²) >= 11 is 0. The summed E-state index contributed by atoms with van der Waals surface area (Å²) in [7, 11) is 0. The van der Waals surface area contributed by atoms with E-state index in [4.69, 9.17) is 11.0 Å². The quantitative estimate of drug-likeness (QED) is 0.683. The summed E-state index contributed by atoms with van der Waals surface area (Å²) in [6, 6.07) is 8.65. The van der Waals surface area contributed by atoms with Gasteiger partial charge in [-0.05, 0) is 23.8 Å². The molecule has 0 aliphatic rings. The molecule has 3 nitrogen and oxygen atoms in total. The topological polar surface area (TPSA) is 66.9 Å². The molecule has 0 atom stereocenters. The number of nitrogens with two attached hydrogens (primary N) is 1. The summed E-state index contributed by atoms with van der Waals surface area (Å²) in [5.74, 6) is -0.466. The molecule has 1 amide bonds. The molecule has 0 heterocycles. The Morgan fingerprint density at radius 3 is 2.92 bits per heavy atom. The van der Waals surface area contributed by atoms with Crippen LogP contribution in [0.3, 0.4) is 0 Å². The maximum Gasteiger partial charge on any atom is 0.248 e. The first-order valence-corrected chi connectivity index (χ1v) is 3.70. The monoisotopic (exact) mass is 172 g/mol. The van der Waals surface area contributed by atoms with Crippen LogP contribution in [0, 0.1) is 11.3 Å². The van der Waals surface area contributed by atoms with E-state index in [-0.39, 0.29) is 0 Å². The van der Waals surface area contributed by atoms with Crippen LogP contribution >= 0.6 is 0 Å². The molecule has 0 aliphatic heterocycles. The Morgan fingerprint density at radius 1 is 1.54 bits per heavy atom. The van der Waals surface area contributed by atoms with E-state index in [0.717, 1.165) is 5.56 Å². The highest BCUT2D eigenvalue weighted by Gasteiger charge is 1.98. The Morgan fingerprint density at radius 2 is 2.31 bits per heavy atom. The van der Waals surface area contributed by atoms with E-state index in [1.54, 1.807) is 30.3 Å². The lowest BCUT2D eigenvalue weighted by atomic mass is 10.1. The van der Waals surface area contributed by atoms with Gasteiger partial charge in [0.15, 0.2) is 0 Å². The lowest BCUT2D eigenvalue weighted by Gasteiger charge is -1.96. The van der Waals surface area contributed by atoms with Gasteiger partial charge >= 0.3 is 0 Å². The van der Waals surface area contributed by atoms with Crippen LogP contribution in [0.4, 0.5) is 0 Å². The van der Waals surface area contributed by atoms with Crippen molar-refractivity contribution in [2.24, 2.45) is 5.73 Å². The molecule has 0 aliphatic carbocycles. The Balaban J connectivity index is 3.00. The van der Waals surface area contributed by atoms with Crippen LogP contribution in [0.25, 0.3) is 6.08 Å². The molecule has 0 saturated heterocycles. The molecule has 64 valence electrons.